The van der Waals surface area contributed by atoms with Crippen molar-refractivity contribution in [2.45, 2.75) is 25.8 Å². The average Bonchev–Trinajstić information content (AvgIpc) is 3.25. The molecule has 3 aromatic carbocycles. The number of hydrogen-bond acceptors (Lipinski definition) is 1. The number of amides is 1. The lowest BCUT2D eigenvalue weighted by Crippen LogP contribution is -2.31. The van der Waals surface area contributed by atoms with E-state index in [4.69, 9.17) is 0 Å². The molecule has 4 rings (SSSR count). The van der Waals surface area contributed by atoms with Crippen LogP contribution < -0.4 is 0 Å². The minimum Gasteiger partial charge on any atom is -0.345 e. The average molecular weight is 448 g/mol. The summed E-state index contributed by atoms with van der Waals surface area (Å²) in [7, 11) is 0. The van der Waals surface area contributed by atoms with Gasteiger partial charge < -0.3 is 9.47 Å². The van der Waals surface area contributed by atoms with Crippen molar-refractivity contribution < 1.29 is 18.0 Å². The molecule has 1 heterocycles. The molecule has 33 heavy (non-hydrogen) atoms. The summed E-state index contributed by atoms with van der Waals surface area (Å²) in [5.74, 6) is -0.105. The lowest BCUT2D eigenvalue weighted by Gasteiger charge is -2.24. The summed E-state index contributed by atoms with van der Waals surface area (Å²) in [6.07, 6.45) is -2.56. The van der Waals surface area contributed by atoms with Crippen LogP contribution in [0.3, 0.4) is 0 Å². The van der Waals surface area contributed by atoms with Crippen molar-refractivity contribution in [2.75, 3.05) is 0 Å². The Labute approximate surface area is 190 Å². The van der Waals surface area contributed by atoms with Crippen LogP contribution in [0, 0.1) is 0 Å². The van der Waals surface area contributed by atoms with Gasteiger partial charge in [0.05, 0.1) is 12.1 Å². The number of rotatable bonds is 7. The quantitative estimate of drug-likeness (QED) is 0.321. The molecule has 0 aliphatic carbocycles. The molecule has 0 saturated carbocycles. The third kappa shape index (κ3) is 5.71. The van der Waals surface area contributed by atoms with Crippen molar-refractivity contribution in [3.63, 3.8) is 0 Å². The molecule has 1 amide bonds. The van der Waals surface area contributed by atoms with Crippen molar-refractivity contribution in [1.82, 2.24) is 9.47 Å². The van der Waals surface area contributed by atoms with Crippen LogP contribution in [0.4, 0.5) is 13.2 Å². The molecule has 0 aliphatic rings. The van der Waals surface area contributed by atoms with Gasteiger partial charge >= 0.3 is 6.18 Å². The fraction of sp³-hybridized carbons (Fsp3) is 0.148. The van der Waals surface area contributed by atoms with Gasteiger partial charge in [0.1, 0.15) is 0 Å². The van der Waals surface area contributed by atoms with Gasteiger partial charge in [-0.15, -0.1) is 0 Å². The smallest absolute Gasteiger partial charge is 0.345 e. The highest BCUT2D eigenvalue weighted by atomic mass is 19.4. The van der Waals surface area contributed by atoms with Crippen LogP contribution in [0.2, 0.25) is 0 Å². The second kappa shape index (κ2) is 9.77. The number of carbonyl (C=O) groups is 1. The highest BCUT2D eigenvalue weighted by Gasteiger charge is 2.30. The van der Waals surface area contributed by atoms with Crippen molar-refractivity contribution in [3.8, 4) is 0 Å². The zero-order valence-electron chi connectivity index (χ0n) is 17.9. The maximum atomic E-state index is 13.3. The number of alkyl halides is 3. The van der Waals surface area contributed by atoms with Crippen molar-refractivity contribution in [1.29, 1.82) is 0 Å². The van der Waals surface area contributed by atoms with Crippen LogP contribution in [0.5, 0.6) is 0 Å². The molecule has 0 bridgehead atoms. The number of hydrogen-bond donors (Lipinski definition) is 0. The van der Waals surface area contributed by atoms with Crippen molar-refractivity contribution in [2.24, 2.45) is 0 Å². The Hall–Kier alpha value is -3.80. The normalized spacial score (nSPS) is 11.4. The Morgan fingerprint density at radius 3 is 2.12 bits per heavy atom. The topological polar surface area (TPSA) is 25.2 Å². The highest BCUT2D eigenvalue weighted by molar-refractivity contribution is 5.94. The fourth-order valence-corrected chi connectivity index (χ4v) is 3.75. The summed E-state index contributed by atoms with van der Waals surface area (Å²) in [5, 5.41) is 0. The molecule has 0 saturated heterocycles. The summed E-state index contributed by atoms with van der Waals surface area (Å²) >= 11 is 0. The second-order valence-electron chi connectivity index (χ2n) is 7.84. The number of carbonyl (C=O) groups excluding carboxylic acids is 1. The Bertz CT molecular complexity index is 1200. The van der Waals surface area contributed by atoms with Gasteiger partial charge in [-0.2, -0.15) is 13.2 Å². The predicted octanol–water partition coefficient (Wildman–Crippen LogP) is 6.40. The summed E-state index contributed by atoms with van der Waals surface area (Å²) in [6.45, 7) is 1.03. The minimum atomic E-state index is -4.38. The lowest BCUT2D eigenvalue weighted by molar-refractivity contribution is -0.137. The summed E-state index contributed by atoms with van der Waals surface area (Å²) in [6, 6.07) is 27.8. The molecule has 0 spiro atoms. The van der Waals surface area contributed by atoms with E-state index in [1.165, 1.54) is 12.1 Å². The van der Waals surface area contributed by atoms with E-state index in [1.807, 2.05) is 71.4 Å². The van der Waals surface area contributed by atoms with Crippen molar-refractivity contribution in [3.05, 3.63) is 131 Å². The largest absolute Gasteiger partial charge is 0.416 e. The summed E-state index contributed by atoms with van der Waals surface area (Å²) in [5.41, 5.74) is 2.31. The molecule has 0 aliphatic heterocycles. The molecule has 0 unspecified atom stereocenters. The van der Waals surface area contributed by atoms with Gasteiger partial charge in [0, 0.05) is 30.5 Å². The second-order valence-corrected chi connectivity index (χ2v) is 7.84. The van der Waals surface area contributed by atoms with E-state index in [2.05, 4.69) is 0 Å². The van der Waals surface area contributed by atoms with Crippen LogP contribution in [0.25, 0.3) is 0 Å². The Morgan fingerprint density at radius 2 is 1.42 bits per heavy atom. The number of aromatic nitrogens is 1. The Kier molecular flexibility index (Phi) is 6.63. The zero-order valence-corrected chi connectivity index (χ0v) is 17.9. The molecule has 4 aromatic rings. The first-order chi connectivity index (χ1) is 15.9. The Balaban J connectivity index is 1.59. The van der Waals surface area contributed by atoms with E-state index in [9.17, 15) is 18.0 Å². The summed E-state index contributed by atoms with van der Waals surface area (Å²) < 4.78 is 41.2. The standard InChI is InChI=1S/C27H23F3N2O/c28-27(29,30)24-14-7-11-22(17-24)19-31-16-8-15-25(31)20-32(18-21-9-3-1-4-10-21)26(33)23-12-5-2-6-13-23/h1-17H,18-20H2. The first kappa shape index (κ1) is 22.4. The molecule has 168 valence electrons. The van der Waals surface area contributed by atoms with Gasteiger partial charge in [0.15, 0.2) is 0 Å². The fourth-order valence-electron chi connectivity index (χ4n) is 3.75. The molecule has 6 heteroatoms. The molecule has 0 N–H and O–H groups in total. The maximum absolute atomic E-state index is 13.3. The third-order valence-electron chi connectivity index (χ3n) is 5.41. The number of halogens is 3. The van der Waals surface area contributed by atoms with E-state index < -0.39 is 11.7 Å². The van der Waals surface area contributed by atoms with Gasteiger partial charge in [-0.1, -0.05) is 60.7 Å². The minimum absolute atomic E-state index is 0.105. The zero-order chi connectivity index (χ0) is 23.3. The first-order valence-corrected chi connectivity index (χ1v) is 10.6. The molecular weight excluding hydrogens is 425 g/mol. The van der Waals surface area contributed by atoms with E-state index in [-0.39, 0.29) is 12.5 Å². The molecule has 3 nitrogen and oxygen atoms in total. The van der Waals surface area contributed by atoms with Crippen LogP contribution in [-0.4, -0.2) is 15.4 Å². The van der Waals surface area contributed by atoms with Crippen LogP contribution >= 0.6 is 0 Å². The van der Waals surface area contributed by atoms with E-state index in [1.54, 1.807) is 23.1 Å². The van der Waals surface area contributed by atoms with E-state index >= 15 is 0 Å². The summed E-state index contributed by atoms with van der Waals surface area (Å²) in [4.78, 5) is 15.0. The van der Waals surface area contributed by atoms with Gasteiger partial charge in [-0.3, -0.25) is 4.79 Å². The molecular formula is C27H23F3N2O. The highest BCUT2D eigenvalue weighted by Crippen LogP contribution is 2.29. The third-order valence-corrected chi connectivity index (χ3v) is 5.41. The number of nitrogens with zero attached hydrogens (tertiary/aromatic N) is 2. The first-order valence-electron chi connectivity index (χ1n) is 10.6. The SMILES string of the molecule is O=C(c1ccccc1)N(Cc1ccccc1)Cc1cccn1Cc1cccc(C(F)(F)F)c1. The van der Waals surface area contributed by atoms with Crippen LogP contribution in [-0.2, 0) is 25.8 Å². The van der Waals surface area contributed by atoms with Crippen LogP contribution in [0.15, 0.2) is 103 Å². The molecule has 0 atom stereocenters. The number of benzene rings is 3. The van der Waals surface area contributed by atoms with Gasteiger partial charge in [-0.05, 0) is 47.5 Å². The lowest BCUT2D eigenvalue weighted by atomic mass is 10.1. The maximum Gasteiger partial charge on any atom is 0.416 e. The Morgan fingerprint density at radius 1 is 0.758 bits per heavy atom. The van der Waals surface area contributed by atoms with E-state index in [0.717, 1.165) is 17.3 Å². The van der Waals surface area contributed by atoms with Gasteiger partial charge in [0.25, 0.3) is 5.91 Å². The monoisotopic (exact) mass is 448 g/mol. The van der Waals surface area contributed by atoms with Gasteiger partial charge in [-0.25, -0.2) is 0 Å². The van der Waals surface area contributed by atoms with Crippen molar-refractivity contribution >= 4 is 5.91 Å². The molecule has 0 fully saturated rings. The van der Waals surface area contributed by atoms with Gasteiger partial charge in [0.2, 0.25) is 0 Å². The van der Waals surface area contributed by atoms with Crippen LogP contribution in [0.1, 0.15) is 32.7 Å². The molecule has 0 radical (unpaired) electrons. The predicted molar refractivity (Wildman–Crippen MR) is 121 cm³/mol. The van der Waals surface area contributed by atoms with E-state index in [0.29, 0.717) is 24.2 Å². The molecule has 1 aromatic heterocycles.